The van der Waals surface area contributed by atoms with Gasteiger partial charge in [-0.25, -0.2) is 9.97 Å². The quantitative estimate of drug-likeness (QED) is 0.780. The summed E-state index contributed by atoms with van der Waals surface area (Å²) in [6, 6.07) is 11.9. The molecule has 3 aromatic rings. The Kier molecular flexibility index (Phi) is 3.85. The van der Waals surface area contributed by atoms with Gasteiger partial charge in [-0.1, -0.05) is 23.7 Å². The van der Waals surface area contributed by atoms with Crippen LogP contribution in [0.25, 0.3) is 11.0 Å². The molecule has 0 amide bonds. The molecule has 3 rings (SSSR count). The predicted octanol–water partition coefficient (Wildman–Crippen LogP) is 4.31. The molecule has 0 fully saturated rings. The zero-order valence-corrected chi connectivity index (χ0v) is 12.6. The normalized spacial score (nSPS) is 10.9. The van der Waals surface area contributed by atoms with Gasteiger partial charge in [-0.2, -0.15) is 0 Å². The Hall–Kier alpha value is -1.65. The number of aryl methyl sites for hydroxylation is 1. The zero-order chi connectivity index (χ0) is 13.9. The van der Waals surface area contributed by atoms with Gasteiger partial charge in [0.2, 0.25) is 0 Å². The minimum absolute atomic E-state index is 0.824. The third-order valence-electron chi connectivity index (χ3n) is 3.04. The second-order valence-electron chi connectivity index (χ2n) is 4.53. The van der Waals surface area contributed by atoms with Crippen LogP contribution in [0.1, 0.15) is 10.6 Å². The van der Waals surface area contributed by atoms with Crippen LogP contribution in [0, 0.1) is 6.92 Å². The van der Waals surface area contributed by atoms with Gasteiger partial charge in [-0.05, 0) is 37.6 Å². The maximum atomic E-state index is 5.92. The fourth-order valence-electron chi connectivity index (χ4n) is 2.05. The molecule has 2 heterocycles. The van der Waals surface area contributed by atoms with E-state index in [2.05, 4.69) is 21.4 Å². The lowest BCUT2D eigenvalue weighted by atomic mass is 10.3. The molecule has 0 aliphatic carbocycles. The summed E-state index contributed by atoms with van der Waals surface area (Å²) in [6.07, 6.45) is 0.936. The first-order valence-electron chi connectivity index (χ1n) is 6.44. The SMILES string of the molecule is Cc1nc2ccccc2nc1NCCc1ccc(Cl)s1. The smallest absolute Gasteiger partial charge is 0.148 e. The number of hydrogen-bond acceptors (Lipinski definition) is 4. The van der Waals surface area contributed by atoms with Crippen molar-refractivity contribution < 1.29 is 0 Å². The molecule has 2 aromatic heterocycles. The molecule has 0 aliphatic heterocycles. The van der Waals surface area contributed by atoms with Gasteiger partial charge in [0.1, 0.15) is 5.82 Å². The van der Waals surface area contributed by atoms with Gasteiger partial charge in [0.15, 0.2) is 0 Å². The number of aromatic nitrogens is 2. The average molecular weight is 304 g/mol. The zero-order valence-electron chi connectivity index (χ0n) is 11.1. The van der Waals surface area contributed by atoms with Crippen molar-refractivity contribution in [2.24, 2.45) is 0 Å². The Morgan fingerprint density at radius 2 is 1.85 bits per heavy atom. The highest BCUT2D eigenvalue weighted by Crippen LogP contribution is 2.22. The monoisotopic (exact) mass is 303 g/mol. The van der Waals surface area contributed by atoms with E-state index < -0.39 is 0 Å². The summed E-state index contributed by atoms with van der Waals surface area (Å²) in [7, 11) is 0. The van der Waals surface area contributed by atoms with E-state index >= 15 is 0 Å². The first kappa shape index (κ1) is 13.3. The highest BCUT2D eigenvalue weighted by molar-refractivity contribution is 7.16. The molecule has 0 bridgehead atoms. The number of halogens is 1. The van der Waals surface area contributed by atoms with E-state index in [4.69, 9.17) is 11.6 Å². The summed E-state index contributed by atoms with van der Waals surface area (Å²) in [5, 5.41) is 3.35. The average Bonchev–Trinajstić information content (AvgIpc) is 2.85. The summed E-state index contributed by atoms with van der Waals surface area (Å²) in [6.45, 7) is 2.80. The number of benzene rings is 1. The number of hydrogen-bond donors (Lipinski definition) is 1. The summed E-state index contributed by atoms with van der Waals surface area (Å²) in [4.78, 5) is 10.4. The number of nitrogens with one attached hydrogen (secondary N) is 1. The summed E-state index contributed by atoms with van der Waals surface area (Å²) >= 11 is 7.54. The highest BCUT2D eigenvalue weighted by Gasteiger charge is 2.04. The molecule has 5 heteroatoms. The summed E-state index contributed by atoms with van der Waals surface area (Å²) in [5.41, 5.74) is 2.77. The second kappa shape index (κ2) is 5.77. The summed E-state index contributed by atoms with van der Waals surface area (Å²) < 4.78 is 0.835. The van der Waals surface area contributed by atoms with Crippen molar-refractivity contribution in [2.75, 3.05) is 11.9 Å². The van der Waals surface area contributed by atoms with Gasteiger partial charge in [0.05, 0.1) is 21.1 Å². The third kappa shape index (κ3) is 2.92. The van der Waals surface area contributed by atoms with Crippen LogP contribution >= 0.6 is 22.9 Å². The minimum Gasteiger partial charge on any atom is -0.368 e. The molecule has 0 atom stereocenters. The molecule has 1 aromatic carbocycles. The topological polar surface area (TPSA) is 37.8 Å². The number of para-hydroxylation sites is 2. The molecule has 1 N–H and O–H groups in total. The fourth-order valence-corrected chi connectivity index (χ4v) is 3.13. The molecule has 102 valence electrons. The van der Waals surface area contributed by atoms with Crippen molar-refractivity contribution in [1.29, 1.82) is 0 Å². The number of rotatable bonds is 4. The lowest BCUT2D eigenvalue weighted by Crippen LogP contribution is -2.08. The van der Waals surface area contributed by atoms with Crippen LogP contribution in [0.3, 0.4) is 0 Å². The van der Waals surface area contributed by atoms with Crippen LogP contribution in [0.4, 0.5) is 5.82 Å². The lowest BCUT2D eigenvalue weighted by Gasteiger charge is -2.08. The van der Waals surface area contributed by atoms with Crippen LogP contribution < -0.4 is 5.32 Å². The minimum atomic E-state index is 0.824. The van der Waals surface area contributed by atoms with E-state index in [0.29, 0.717) is 0 Å². The van der Waals surface area contributed by atoms with E-state index in [1.807, 2.05) is 37.3 Å². The molecule has 0 unspecified atom stereocenters. The third-order valence-corrected chi connectivity index (χ3v) is 4.33. The Labute approximate surface area is 126 Å². The Morgan fingerprint density at radius 1 is 1.10 bits per heavy atom. The van der Waals surface area contributed by atoms with Gasteiger partial charge < -0.3 is 5.32 Å². The van der Waals surface area contributed by atoms with Gasteiger partial charge in [0, 0.05) is 11.4 Å². The van der Waals surface area contributed by atoms with Crippen LogP contribution in [0.2, 0.25) is 4.34 Å². The van der Waals surface area contributed by atoms with E-state index in [9.17, 15) is 0 Å². The Balaban J connectivity index is 1.72. The maximum Gasteiger partial charge on any atom is 0.148 e. The fraction of sp³-hybridized carbons (Fsp3) is 0.200. The Morgan fingerprint density at radius 3 is 2.55 bits per heavy atom. The molecule has 0 saturated carbocycles. The molecular formula is C15H14ClN3S. The van der Waals surface area contributed by atoms with Gasteiger partial charge >= 0.3 is 0 Å². The van der Waals surface area contributed by atoms with Crippen molar-refractivity contribution in [3.05, 3.63) is 51.3 Å². The van der Waals surface area contributed by atoms with E-state index in [-0.39, 0.29) is 0 Å². The van der Waals surface area contributed by atoms with Crippen LogP contribution in [0.15, 0.2) is 36.4 Å². The Bertz CT molecular complexity index is 739. The van der Waals surface area contributed by atoms with Crippen molar-refractivity contribution in [2.45, 2.75) is 13.3 Å². The summed E-state index contributed by atoms with van der Waals surface area (Å²) in [5.74, 6) is 0.853. The van der Waals surface area contributed by atoms with Crippen LogP contribution in [0.5, 0.6) is 0 Å². The largest absolute Gasteiger partial charge is 0.368 e. The van der Waals surface area contributed by atoms with Crippen LogP contribution in [-0.2, 0) is 6.42 Å². The van der Waals surface area contributed by atoms with Gasteiger partial charge in [-0.3, -0.25) is 0 Å². The molecule has 3 nitrogen and oxygen atoms in total. The second-order valence-corrected chi connectivity index (χ2v) is 6.33. The molecular weight excluding hydrogens is 290 g/mol. The highest BCUT2D eigenvalue weighted by atomic mass is 35.5. The number of fused-ring (bicyclic) bond motifs is 1. The molecule has 0 aliphatic rings. The predicted molar refractivity (Wildman–Crippen MR) is 85.8 cm³/mol. The van der Waals surface area contributed by atoms with Gasteiger partial charge in [0.25, 0.3) is 0 Å². The molecule has 20 heavy (non-hydrogen) atoms. The lowest BCUT2D eigenvalue weighted by molar-refractivity contribution is 1.02. The van der Waals surface area contributed by atoms with E-state index in [1.54, 1.807) is 11.3 Å². The van der Waals surface area contributed by atoms with Crippen LogP contribution in [-0.4, -0.2) is 16.5 Å². The number of anilines is 1. The van der Waals surface area contributed by atoms with Crippen molar-refractivity contribution in [3.8, 4) is 0 Å². The molecule has 0 spiro atoms. The molecule has 0 radical (unpaired) electrons. The standard InChI is InChI=1S/C15H14ClN3S/c1-10-15(17-9-8-11-6-7-14(16)20-11)19-13-5-3-2-4-12(13)18-10/h2-7H,8-9H2,1H3,(H,17,19). The van der Waals surface area contributed by atoms with Crippen molar-refractivity contribution in [1.82, 2.24) is 9.97 Å². The van der Waals surface area contributed by atoms with E-state index in [0.717, 1.165) is 39.8 Å². The first-order valence-corrected chi connectivity index (χ1v) is 7.63. The van der Waals surface area contributed by atoms with Crippen molar-refractivity contribution >= 4 is 39.8 Å². The number of thiophene rings is 1. The first-order chi connectivity index (χ1) is 9.72. The number of nitrogens with zero attached hydrogens (tertiary/aromatic N) is 2. The van der Waals surface area contributed by atoms with E-state index in [1.165, 1.54) is 4.88 Å². The maximum absolute atomic E-state index is 5.92. The van der Waals surface area contributed by atoms with Gasteiger partial charge in [-0.15, -0.1) is 11.3 Å². The molecule has 0 saturated heterocycles. The van der Waals surface area contributed by atoms with Crippen molar-refractivity contribution in [3.63, 3.8) is 0 Å².